The first-order chi connectivity index (χ1) is 7.90. The Kier molecular flexibility index (Phi) is 3.15. The van der Waals surface area contributed by atoms with E-state index in [9.17, 15) is 9.59 Å². The van der Waals surface area contributed by atoms with Crippen LogP contribution in [-0.2, 0) is 15.0 Å². The van der Waals surface area contributed by atoms with Crippen LogP contribution in [0.4, 0.5) is 0 Å². The van der Waals surface area contributed by atoms with Crippen molar-refractivity contribution in [3.8, 4) is 0 Å². The predicted molar refractivity (Wildman–Crippen MR) is 66.2 cm³/mol. The summed E-state index contributed by atoms with van der Waals surface area (Å²) in [6.07, 6.45) is 0.500. The van der Waals surface area contributed by atoms with E-state index in [0.717, 1.165) is 5.56 Å². The molecular formula is C12H11Cl2NO2. The molecule has 2 amide bonds. The Labute approximate surface area is 109 Å². The molecule has 90 valence electrons. The number of imide groups is 1. The van der Waals surface area contributed by atoms with Gasteiger partial charge in [0.2, 0.25) is 11.8 Å². The molecule has 0 unspecified atom stereocenters. The largest absolute Gasteiger partial charge is 0.296 e. The molecule has 0 bridgehead atoms. The minimum atomic E-state index is -0.554. The van der Waals surface area contributed by atoms with Gasteiger partial charge in [0.05, 0.1) is 0 Å². The highest BCUT2D eigenvalue weighted by Crippen LogP contribution is 2.38. The minimum Gasteiger partial charge on any atom is -0.296 e. The number of carbonyl (C=O) groups excluding carboxylic acids is 2. The van der Waals surface area contributed by atoms with Gasteiger partial charge in [0, 0.05) is 28.3 Å². The summed E-state index contributed by atoms with van der Waals surface area (Å²) < 4.78 is 0. The van der Waals surface area contributed by atoms with Crippen molar-refractivity contribution in [2.45, 2.75) is 25.2 Å². The highest BCUT2D eigenvalue weighted by atomic mass is 35.5. The van der Waals surface area contributed by atoms with E-state index in [1.54, 1.807) is 18.2 Å². The van der Waals surface area contributed by atoms with E-state index in [-0.39, 0.29) is 24.7 Å². The molecule has 1 aliphatic heterocycles. The van der Waals surface area contributed by atoms with Gasteiger partial charge in [0.15, 0.2) is 0 Å². The molecule has 17 heavy (non-hydrogen) atoms. The van der Waals surface area contributed by atoms with Crippen LogP contribution in [0.5, 0.6) is 0 Å². The topological polar surface area (TPSA) is 46.2 Å². The molecule has 5 heteroatoms. The van der Waals surface area contributed by atoms with Crippen molar-refractivity contribution in [2.24, 2.45) is 0 Å². The van der Waals surface area contributed by atoms with Crippen LogP contribution in [-0.4, -0.2) is 11.8 Å². The standard InChI is InChI=1S/C12H11Cl2NO2/c1-12(5-10(16)15-11(17)6-12)8-3-2-7(13)4-9(8)14/h2-4H,5-6H2,1H3,(H,15,16,17). The van der Waals surface area contributed by atoms with Gasteiger partial charge >= 0.3 is 0 Å². The quantitative estimate of drug-likeness (QED) is 0.799. The van der Waals surface area contributed by atoms with Crippen molar-refractivity contribution in [2.75, 3.05) is 0 Å². The van der Waals surface area contributed by atoms with Crippen LogP contribution in [0.25, 0.3) is 0 Å². The molecular weight excluding hydrogens is 261 g/mol. The van der Waals surface area contributed by atoms with Crippen LogP contribution in [0.15, 0.2) is 18.2 Å². The Balaban J connectivity index is 2.43. The Morgan fingerprint density at radius 3 is 2.29 bits per heavy atom. The zero-order valence-corrected chi connectivity index (χ0v) is 10.7. The summed E-state index contributed by atoms with van der Waals surface area (Å²) in [6.45, 7) is 1.86. The summed E-state index contributed by atoms with van der Waals surface area (Å²) in [5.41, 5.74) is 0.230. The third-order valence-corrected chi connectivity index (χ3v) is 3.51. The van der Waals surface area contributed by atoms with Gasteiger partial charge in [-0.2, -0.15) is 0 Å². The Hall–Kier alpha value is -1.06. The van der Waals surface area contributed by atoms with Gasteiger partial charge in [-0.05, 0) is 17.7 Å². The van der Waals surface area contributed by atoms with Crippen LogP contribution < -0.4 is 5.32 Å². The first kappa shape index (κ1) is 12.4. The summed E-state index contributed by atoms with van der Waals surface area (Å²) in [4.78, 5) is 22.9. The third kappa shape index (κ3) is 2.45. The highest BCUT2D eigenvalue weighted by molar-refractivity contribution is 6.35. The number of hydrogen-bond donors (Lipinski definition) is 1. The number of piperidine rings is 1. The number of amides is 2. The normalized spacial score (nSPS) is 19.0. The van der Waals surface area contributed by atoms with Gasteiger partial charge in [0.25, 0.3) is 0 Å². The van der Waals surface area contributed by atoms with Crippen molar-refractivity contribution >= 4 is 35.0 Å². The summed E-state index contributed by atoms with van der Waals surface area (Å²) >= 11 is 11.9. The van der Waals surface area contributed by atoms with E-state index in [0.29, 0.717) is 10.0 Å². The fourth-order valence-electron chi connectivity index (χ4n) is 2.18. The number of rotatable bonds is 1. The summed E-state index contributed by atoms with van der Waals surface area (Å²) in [5, 5.41) is 3.31. The lowest BCUT2D eigenvalue weighted by atomic mass is 9.74. The second-order valence-corrected chi connectivity index (χ2v) is 5.35. The minimum absolute atomic E-state index is 0.250. The molecule has 0 saturated carbocycles. The van der Waals surface area contributed by atoms with Crippen molar-refractivity contribution < 1.29 is 9.59 Å². The van der Waals surface area contributed by atoms with Gasteiger partial charge in [0.1, 0.15) is 0 Å². The third-order valence-electron chi connectivity index (χ3n) is 2.96. The average Bonchev–Trinajstić information content (AvgIpc) is 2.13. The molecule has 3 nitrogen and oxygen atoms in total. The molecule has 0 spiro atoms. The molecule has 0 aliphatic carbocycles. The lowest BCUT2D eigenvalue weighted by molar-refractivity contribution is -0.135. The molecule has 1 aromatic rings. The van der Waals surface area contributed by atoms with Crippen molar-refractivity contribution in [3.63, 3.8) is 0 Å². The number of hydrogen-bond acceptors (Lipinski definition) is 2. The van der Waals surface area contributed by atoms with Gasteiger partial charge in [-0.25, -0.2) is 0 Å². The Morgan fingerprint density at radius 2 is 1.76 bits per heavy atom. The van der Waals surface area contributed by atoms with Crippen molar-refractivity contribution in [1.82, 2.24) is 5.32 Å². The monoisotopic (exact) mass is 271 g/mol. The van der Waals surface area contributed by atoms with E-state index >= 15 is 0 Å². The van der Waals surface area contributed by atoms with E-state index in [4.69, 9.17) is 23.2 Å². The first-order valence-electron chi connectivity index (χ1n) is 5.19. The second-order valence-electron chi connectivity index (χ2n) is 4.51. The molecule has 1 aliphatic rings. The van der Waals surface area contributed by atoms with Gasteiger partial charge in [-0.1, -0.05) is 36.2 Å². The van der Waals surface area contributed by atoms with Crippen molar-refractivity contribution in [3.05, 3.63) is 33.8 Å². The number of nitrogens with one attached hydrogen (secondary N) is 1. The lowest BCUT2D eigenvalue weighted by Gasteiger charge is -2.33. The van der Waals surface area contributed by atoms with Gasteiger partial charge in [-0.15, -0.1) is 0 Å². The number of carbonyl (C=O) groups is 2. The van der Waals surface area contributed by atoms with Crippen molar-refractivity contribution in [1.29, 1.82) is 0 Å². The van der Waals surface area contributed by atoms with E-state index in [1.165, 1.54) is 0 Å². The van der Waals surface area contributed by atoms with Crippen LogP contribution in [0.3, 0.4) is 0 Å². The van der Waals surface area contributed by atoms with Crippen LogP contribution in [0.2, 0.25) is 10.0 Å². The molecule has 0 atom stereocenters. The van der Waals surface area contributed by atoms with Gasteiger partial charge < -0.3 is 0 Å². The maximum atomic E-state index is 11.4. The summed E-state index contributed by atoms with van der Waals surface area (Å²) in [6, 6.07) is 5.11. The molecule has 1 N–H and O–H groups in total. The number of halogens is 2. The maximum absolute atomic E-state index is 11.4. The molecule has 1 fully saturated rings. The Bertz CT molecular complexity index is 483. The van der Waals surface area contributed by atoms with E-state index in [1.807, 2.05) is 6.92 Å². The number of benzene rings is 1. The lowest BCUT2D eigenvalue weighted by Crippen LogP contribution is -2.45. The fourth-order valence-corrected chi connectivity index (χ4v) is 2.82. The molecule has 1 saturated heterocycles. The maximum Gasteiger partial charge on any atom is 0.227 e. The van der Waals surface area contributed by atoms with Crippen LogP contribution in [0.1, 0.15) is 25.3 Å². The molecule has 0 aromatic heterocycles. The highest BCUT2D eigenvalue weighted by Gasteiger charge is 2.38. The zero-order chi connectivity index (χ0) is 12.6. The molecule has 1 heterocycles. The second kappa shape index (κ2) is 4.31. The predicted octanol–water partition coefficient (Wildman–Crippen LogP) is 2.69. The molecule has 2 rings (SSSR count). The average molecular weight is 272 g/mol. The van der Waals surface area contributed by atoms with Crippen LogP contribution in [0, 0.1) is 0 Å². The molecule has 1 aromatic carbocycles. The summed E-state index contributed by atoms with van der Waals surface area (Å²) in [7, 11) is 0. The smallest absolute Gasteiger partial charge is 0.227 e. The first-order valence-corrected chi connectivity index (χ1v) is 5.94. The fraction of sp³-hybridized carbons (Fsp3) is 0.333. The molecule has 0 radical (unpaired) electrons. The SMILES string of the molecule is CC1(c2ccc(Cl)cc2Cl)CC(=O)NC(=O)C1. The van der Waals surface area contributed by atoms with Gasteiger partial charge in [-0.3, -0.25) is 14.9 Å². The zero-order valence-electron chi connectivity index (χ0n) is 9.22. The summed E-state index contributed by atoms with van der Waals surface area (Å²) in [5.74, 6) is -0.537. The Morgan fingerprint density at radius 1 is 1.18 bits per heavy atom. The van der Waals surface area contributed by atoms with Crippen LogP contribution >= 0.6 is 23.2 Å². The van der Waals surface area contributed by atoms with E-state index in [2.05, 4.69) is 5.32 Å². The van der Waals surface area contributed by atoms with E-state index < -0.39 is 5.41 Å².